The zero-order chi connectivity index (χ0) is 18.3. The number of rotatable bonds is 3. The lowest BCUT2D eigenvalue weighted by Gasteiger charge is -2.06. The summed E-state index contributed by atoms with van der Waals surface area (Å²) in [7, 11) is 0. The molecule has 2 aromatic heterocycles. The van der Waals surface area contributed by atoms with Crippen LogP contribution in [-0.2, 0) is 4.74 Å². The Morgan fingerprint density at radius 3 is 2.62 bits per heavy atom. The third-order valence-corrected chi connectivity index (χ3v) is 4.41. The Morgan fingerprint density at radius 2 is 1.88 bits per heavy atom. The van der Waals surface area contributed by atoms with Gasteiger partial charge in [0.1, 0.15) is 5.58 Å². The Kier molecular flexibility index (Phi) is 3.84. The van der Waals surface area contributed by atoms with Crippen molar-refractivity contribution in [2.45, 2.75) is 13.8 Å². The summed E-state index contributed by atoms with van der Waals surface area (Å²) in [6, 6.07) is 14.8. The smallest absolute Gasteiger partial charge is 0.340 e. The van der Waals surface area contributed by atoms with E-state index in [-0.39, 0.29) is 0 Å². The summed E-state index contributed by atoms with van der Waals surface area (Å²) in [6.07, 6.45) is 0. The van der Waals surface area contributed by atoms with Gasteiger partial charge in [-0.2, -0.15) is 0 Å². The van der Waals surface area contributed by atoms with Crippen molar-refractivity contribution in [2.75, 3.05) is 6.61 Å². The van der Waals surface area contributed by atoms with Crippen LogP contribution in [-0.4, -0.2) is 17.6 Å². The monoisotopic (exact) mass is 347 g/mol. The Bertz CT molecular complexity index is 1190. The fourth-order valence-corrected chi connectivity index (χ4v) is 3.31. The van der Waals surface area contributed by atoms with Crippen molar-refractivity contribution in [3.05, 3.63) is 70.2 Å². The van der Waals surface area contributed by atoms with Crippen molar-refractivity contribution in [3.63, 3.8) is 0 Å². The van der Waals surface area contributed by atoms with Gasteiger partial charge in [0.25, 0.3) is 0 Å². The van der Waals surface area contributed by atoms with Gasteiger partial charge in [0.2, 0.25) is 0 Å². The molecule has 0 atom stereocenters. The number of H-pyrrole nitrogens is 1. The first kappa shape index (κ1) is 16.1. The molecule has 0 saturated carbocycles. The molecule has 4 aromatic rings. The normalized spacial score (nSPS) is 11.2. The molecule has 0 saturated heterocycles. The fraction of sp³-hybridized carbons (Fsp3) is 0.143. The number of carbonyl (C=O) groups excluding carboxylic acids is 1. The van der Waals surface area contributed by atoms with Crippen LogP contribution >= 0.6 is 0 Å². The topological polar surface area (TPSA) is 72.3 Å². The molecular formula is C21H17NO4. The lowest BCUT2D eigenvalue weighted by Crippen LogP contribution is -2.05. The molecule has 5 nitrogen and oxygen atoms in total. The number of nitrogens with one attached hydrogen (secondary N) is 1. The molecule has 0 radical (unpaired) electrons. The number of hydrogen-bond donors (Lipinski definition) is 1. The summed E-state index contributed by atoms with van der Waals surface area (Å²) in [4.78, 5) is 27.6. The number of ether oxygens (including phenoxy) is 1. The van der Waals surface area contributed by atoms with Crippen LogP contribution in [0.1, 0.15) is 23.0 Å². The Labute approximate surface area is 149 Å². The quantitative estimate of drug-likeness (QED) is 0.440. The predicted molar refractivity (Wildman–Crippen MR) is 100 cm³/mol. The van der Waals surface area contributed by atoms with Crippen LogP contribution < -0.4 is 5.63 Å². The van der Waals surface area contributed by atoms with Crippen LogP contribution in [0.15, 0.2) is 57.7 Å². The number of fused-ring (bicyclic) bond motifs is 2. The molecule has 0 aliphatic carbocycles. The largest absolute Gasteiger partial charge is 0.462 e. The van der Waals surface area contributed by atoms with Crippen molar-refractivity contribution in [2.24, 2.45) is 0 Å². The van der Waals surface area contributed by atoms with Crippen LogP contribution in [0.3, 0.4) is 0 Å². The highest BCUT2D eigenvalue weighted by Gasteiger charge is 2.19. The molecule has 26 heavy (non-hydrogen) atoms. The van der Waals surface area contributed by atoms with Gasteiger partial charge in [0.05, 0.1) is 12.2 Å². The summed E-state index contributed by atoms with van der Waals surface area (Å²) >= 11 is 0. The van der Waals surface area contributed by atoms with Crippen LogP contribution in [0.25, 0.3) is 33.0 Å². The summed E-state index contributed by atoms with van der Waals surface area (Å²) in [6.45, 7) is 3.89. The highest BCUT2D eigenvalue weighted by atomic mass is 16.5. The molecular weight excluding hydrogens is 330 g/mol. The molecule has 0 spiro atoms. The molecule has 0 aliphatic heterocycles. The second kappa shape index (κ2) is 6.19. The first-order chi connectivity index (χ1) is 12.6. The van der Waals surface area contributed by atoms with Crippen molar-refractivity contribution >= 4 is 27.8 Å². The van der Waals surface area contributed by atoms with E-state index in [0.29, 0.717) is 23.1 Å². The third-order valence-electron chi connectivity index (χ3n) is 4.41. The highest BCUT2D eigenvalue weighted by Crippen LogP contribution is 2.32. The van der Waals surface area contributed by atoms with E-state index < -0.39 is 11.6 Å². The van der Waals surface area contributed by atoms with Crippen LogP contribution in [0.2, 0.25) is 0 Å². The molecule has 0 aliphatic rings. The number of carbonyl (C=O) groups is 1. The zero-order valence-corrected chi connectivity index (χ0v) is 14.5. The van der Waals surface area contributed by atoms with E-state index in [1.54, 1.807) is 13.0 Å². The number of aromatic nitrogens is 1. The lowest BCUT2D eigenvalue weighted by atomic mass is 10.0. The standard InChI is InChI=1S/C21H17NO4/c1-3-25-21(24)20-12(2)22-17-9-15-14(13-7-5-4-6-8-13)11-19(23)26-18(15)10-16(17)20/h4-11,22H,3H2,1-2H3. The number of aromatic amines is 1. The molecule has 2 heterocycles. The first-order valence-electron chi connectivity index (χ1n) is 8.41. The summed E-state index contributed by atoms with van der Waals surface area (Å²) < 4.78 is 10.6. The second-order valence-corrected chi connectivity index (χ2v) is 6.08. The molecule has 2 aromatic carbocycles. The maximum Gasteiger partial charge on any atom is 0.340 e. The Balaban J connectivity index is 2.04. The molecule has 0 fully saturated rings. The molecule has 0 bridgehead atoms. The first-order valence-corrected chi connectivity index (χ1v) is 8.41. The maximum absolute atomic E-state index is 12.3. The predicted octanol–water partition coefficient (Wildman–Crippen LogP) is 4.43. The molecule has 0 amide bonds. The summed E-state index contributed by atoms with van der Waals surface area (Å²) in [5, 5.41) is 1.49. The van der Waals surface area contributed by atoms with Crippen molar-refractivity contribution in [1.29, 1.82) is 0 Å². The third kappa shape index (κ3) is 2.58. The average Bonchev–Trinajstić information content (AvgIpc) is 2.95. The molecule has 130 valence electrons. The van der Waals surface area contributed by atoms with Gasteiger partial charge in [-0.1, -0.05) is 30.3 Å². The van der Waals surface area contributed by atoms with Gasteiger partial charge in [0.15, 0.2) is 0 Å². The van der Waals surface area contributed by atoms with Gasteiger partial charge in [-0.05, 0) is 37.1 Å². The Hall–Kier alpha value is -3.34. The number of esters is 1. The van der Waals surface area contributed by atoms with E-state index in [1.807, 2.05) is 43.3 Å². The second-order valence-electron chi connectivity index (χ2n) is 6.08. The van der Waals surface area contributed by atoms with Crippen molar-refractivity contribution in [3.8, 4) is 11.1 Å². The summed E-state index contributed by atoms with van der Waals surface area (Å²) in [5.41, 5.74) is 3.72. The van der Waals surface area contributed by atoms with Gasteiger partial charge in [-0.3, -0.25) is 0 Å². The van der Waals surface area contributed by atoms with E-state index in [4.69, 9.17) is 9.15 Å². The molecule has 5 heteroatoms. The van der Waals surface area contributed by atoms with Crippen molar-refractivity contribution in [1.82, 2.24) is 4.98 Å². The van der Waals surface area contributed by atoms with E-state index >= 15 is 0 Å². The SMILES string of the molecule is CCOC(=O)c1c(C)[nH]c2cc3c(-c4ccccc4)cc(=O)oc3cc12. The van der Waals surface area contributed by atoms with Gasteiger partial charge in [-0.25, -0.2) is 9.59 Å². The lowest BCUT2D eigenvalue weighted by molar-refractivity contribution is 0.0528. The van der Waals surface area contributed by atoms with E-state index in [0.717, 1.165) is 27.7 Å². The molecule has 1 N–H and O–H groups in total. The van der Waals surface area contributed by atoms with Gasteiger partial charge in [-0.15, -0.1) is 0 Å². The van der Waals surface area contributed by atoms with Crippen LogP contribution in [0.4, 0.5) is 0 Å². The zero-order valence-electron chi connectivity index (χ0n) is 14.5. The van der Waals surface area contributed by atoms with Gasteiger partial charge < -0.3 is 14.1 Å². The average molecular weight is 347 g/mol. The van der Waals surface area contributed by atoms with Crippen LogP contribution in [0, 0.1) is 6.92 Å². The maximum atomic E-state index is 12.3. The van der Waals surface area contributed by atoms with E-state index in [2.05, 4.69) is 4.98 Å². The van der Waals surface area contributed by atoms with Gasteiger partial charge >= 0.3 is 11.6 Å². The summed E-state index contributed by atoms with van der Waals surface area (Å²) in [5.74, 6) is -0.392. The number of aryl methyl sites for hydroxylation is 1. The fourth-order valence-electron chi connectivity index (χ4n) is 3.31. The van der Waals surface area contributed by atoms with Crippen LogP contribution in [0.5, 0.6) is 0 Å². The van der Waals surface area contributed by atoms with E-state index in [9.17, 15) is 9.59 Å². The number of hydrogen-bond acceptors (Lipinski definition) is 4. The molecule has 4 rings (SSSR count). The van der Waals surface area contributed by atoms with Crippen molar-refractivity contribution < 1.29 is 13.9 Å². The molecule has 0 unspecified atom stereocenters. The minimum Gasteiger partial charge on any atom is -0.462 e. The van der Waals surface area contributed by atoms with E-state index in [1.165, 1.54) is 6.07 Å². The number of benzene rings is 2. The minimum atomic E-state index is -0.430. The highest BCUT2D eigenvalue weighted by molar-refractivity contribution is 6.10. The minimum absolute atomic E-state index is 0.297. The van der Waals surface area contributed by atoms with Gasteiger partial charge in [0, 0.05) is 28.0 Å². The Morgan fingerprint density at radius 1 is 1.12 bits per heavy atom.